The fourth-order valence-electron chi connectivity index (χ4n) is 1.83. The first kappa shape index (κ1) is 14.7. The van der Waals surface area contributed by atoms with Crippen LogP contribution in [0.2, 0.25) is 0 Å². The molecule has 1 aromatic rings. The molecule has 1 aromatic heterocycles. The van der Waals surface area contributed by atoms with Gasteiger partial charge in [0, 0.05) is 25.0 Å². The predicted molar refractivity (Wildman–Crippen MR) is 70.1 cm³/mol. The number of hydrogen-bond acceptors (Lipinski definition) is 3. The van der Waals surface area contributed by atoms with Gasteiger partial charge in [0.25, 0.3) is 0 Å². The molecule has 0 aliphatic heterocycles. The number of nitrogens with zero attached hydrogens (tertiary/aromatic N) is 3. The molecular weight excluding hydrogens is 230 g/mol. The number of carbonyl (C=O) groups is 1. The molecular formula is C13H23N3O2. The van der Waals surface area contributed by atoms with Gasteiger partial charge in [-0.2, -0.15) is 5.10 Å². The van der Waals surface area contributed by atoms with Crippen LogP contribution in [0.1, 0.15) is 26.5 Å². The lowest BCUT2D eigenvalue weighted by atomic mass is 10.2. The van der Waals surface area contributed by atoms with Crippen molar-refractivity contribution in [1.29, 1.82) is 0 Å². The molecule has 0 bridgehead atoms. The lowest BCUT2D eigenvalue weighted by molar-refractivity contribution is -0.134. The summed E-state index contributed by atoms with van der Waals surface area (Å²) in [5.41, 5.74) is 0.963. The fourth-order valence-corrected chi connectivity index (χ4v) is 1.83. The monoisotopic (exact) mass is 253 g/mol. The van der Waals surface area contributed by atoms with E-state index in [0.29, 0.717) is 19.0 Å². The number of hydrogen-bond donors (Lipinski definition) is 1. The Morgan fingerprint density at radius 2 is 2.11 bits per heavy atom. The van der Waals surface area contributed by atoms with E-state index in [1.54, 1.807) is 22.7 Å². The second-order valence-electron chi connectivity index (χ2n) is 5.17. The largest absolute Gasteiger partial charge is 0.392 e. The van der Waals surface area contributed by atoms with Gasteiger partial charge >= 0.3 is 0 Å². The molecule has 5 heteroatoms. The zero-order valence-corrected chi connectivity index (χ0v) is 11.6. The highest BCUT2D eigenvalue weighted by Crippen LogP contribution is 2.04. The molecule has 0 aliphatic rings. The Morgan fingerprint density at radius 3 is 2.56 bits per heavy atom. The van der Waals surface area contributed by atoms with E-state index in [2.05, 4.69) is 18.9 Å². The van der Waals surface area contributed by atoms with E-state index < -0.39 is 6.10 Å². The van der Waals surface area contributed by atoms with E-state index in [4.69, 9.17) is 0 Å². The van der Waals surface area contributed by atoms with Crippen molar-refractivity contribution in [2.45, 2.75) is 40.3 Å². The fraction of sp³-hybridized carbons (Fsp3) is 0.692. The molecule has 0 saturated heterocycles. The maximum absolute atomic E-state index is 12.2. The molecule has 0 aromatic carbocycles. The number of aliphatic hydroxyl groups is 1. The average molecular weight is 253 g/mol. The van der Waals surface area contributed by atoms with Crippen molar-refractivity contribution in [3.63, 3.8) is 0 Å². The van der Waals surface area contributed by atoms with Gasteiger partial charge in [-0.1, -0.05) is 13.8 Å². The molecule has 0 fully saturated rings. The molecule has 18 heavy (non-hydrogen) atoms. The number of rotatable bonds is 6. The Bertz CT molecular complexity index is 375. The molecule has 0 aliphatic carbocycles. The molecule has 1 heterocycles. The van der Waals surface area contributed by atoms with Crippen molar-refractivity contribution < 1.29 is 9.90 Å². The first-order valence-corrected chi connectivity index (χ1v) is 6.34. The number of carbonyl (C=O) groups excluding carboxylic acids is 1. The van der Waals surface area contributed by atoms with Crippen molar-refractivity contribution in [3.05, 3.63) is 18.0 Å². The van der Waals surface area contributed by atoms with E-state index in [1.165, 1.54) is 0 Å². The van der Waals surface area contributed by atoms with Crippen LogP contribution in [0.4, 0.5) is 0 Å². The highest BCUT2D eigenvalue weighted by molar-refractivity contribution is 5.76. The summed E-state index contributed by atoms with van der Waals surface area (Å²) in [6, 6.07) is 1.87. The highest BCUT2D eigenvalue weighted by Gasteiger charge is 2.17. The smallest absolute Gasteiger partial charge is 0.244 e. The average Bonchev–Trinajstić information content (AvgIpc) is 2.62. The van der Waals surface area contributed by atoms with Crippen LogP contribution in [-0.4, -0.2) is 44.9 Å². The quantitative estimate of drug-likeness (QED) is 0.824. The first-order chi connectivity index (χ1) is 8.40. The van der Waals surface area contributed by atoms with Gasteiger partial charge in [-0.05, 0) is 25.8 Å². The molecule has 0 saturated carbocycles. The summed E-state index contributed by atoms with van der Waals surface area (Å²) in [6.45, 7) is 8.99. The number of aromatic nitrogens is 2. The van der Waals surface area contributed by atoms with Crippen LogP contribution in [-0.2, 0) is 11.3 Å². The molecule has 5 nitrogen and oxygen atoms in total. The Hall–Kier alpha value is -1.36. The van der Waals surface area contributed by atoms with E-state index >= 15 is 0 Å². The van der Waals surface area contributed by atoms with Gasteiger partial charge in [0.15, 0.2) is 0 Å². The summed E-state index contributed by atoms with van der Waals surface area (Å²) in [5, 5.41) is 13.6. The third-order valence-corrected chi connectivity index (χ3v) is 2.64. The SMILES string of the molecule is Cc1ccnn1CC(=O)N(CC(C)C)CC(C)O. The lowest BCUT2D eigenvalue weighted by Crippen LogP contribution is -2.41. The topological polar surface area (TPSA) is 58.4 Å². The van der Waals surface area contributed by atoms with Crippen LogP contribution in [0.3, 0.4) is 0 Å². The van der Waals surface area contributed by atoms with Crippen LogP contribution >= 0.6 is 0 Å². The van der Waals surface area contributed by atoms with E-state index in [-0.39, 0.29) is 12.5 Å². The Balaban J connectivity index is 2.67. The van der Waals surface area contributed by atoms with Gasteiger partial charge in [-0.25, -0.2) is 0 Å². The van der Waals surface area contributed by atoms with Crippen molar-refractivity contribution in [2.75, 3.05) is 13.1 Å². The van der Waals surface area contributed by atoms with Crippen LogP contribution in [0, 0.1) is 12.8 Å². The Morgan fingerprint density at radius 1 is 1.44 bits per heavy atom. The molecule has 0 radical (unpaired) electrons. The normalized spacial score (nSPS) is 12.8. The Kier molecular flexibility index (Phi) is 5.34. The zero-order valence-electron chi connectivity index (χ0n) is 11.6. The van der Waals surface area contributed by atoms with Gasteiger partial charge < -0.3 is 10.0 Å². The van der Waals surface area contributed by atoms with E-state index in [9.17, 15) is 9.90 Å². The number of amides is 1. The third kappa shape index (κ3) is 4.49. The number of aliphatic hydroxyl groups excluding tert-OH is 1. The second kappa shape index (κ2) is 6.54. The minimum absolute atomic E-state index is 0.00333. The van der Waals surface area contributed by atoms with Crippen molar-refractivity contribution in [2.24, 2.45) is 5.92 Å². The zero-order chi connectivity index (χ0) is 13.7. The van der Waals surface area contributed by atoms with Gasteiger partial charge in [-0.15, -0.1) is 0 Å². The number of aryl methyl sites for hydroxylation is 1. The standard InChI is InChI=1S/C13H23N3O2/c1-10(2)7-15(8-12(4)17)13(18)9-16-11(3)5-6-14-16/h5-6,10,12,17H,7-9H2,1-4H3. The van der Waals surface area contributed by atoms with Gasteiger partial charge in [0.05, 0.1) is 6.10 Å². The van der Waals surface area contributed by atoms with E-state index in [1.807, 2.05) is 13.0 Å². The highest BCUT2D eigenvalue weighted by atomic mass is 16.3. The van der Waals surface area contributed by atoms with Crippen molar-refractivity contribution in [1.82, 2.24) is 14.7 Å². The van der Waals surface area contributed by atoms with Crippen LogP contribution < -0.4 is 0 Å². The van der Waals surface area contributed by atoms with Crippen LogP contribution in [0.5, 0.6) is 0 Å². The van der Waals surface area contributed by atoms with Crippen molar-refractivity contribution >= 4 is 5.91 Å². The van der Waals surface area contributed by atoms with Gasteiger partial charge in [-0.3, -0.25) is 9.48 Å². The van der Waals surface area contributed by atoms with Crippen LogP contribution in [0.25, 0.3) is 0 Å². The van der Waals surface area contributed by atoms with Gasteiger partial charge in [0.2, 0.25) is 5.91 Å². The molecule has 102 valence electrons. The summed E-state index contributed by atoms with van der Waals surface area (Å²) < 4.78 is 1.68. The summed E-state index contributed by atoms with van der Waals surface area (Å²) in [6.07, 6.45) is 1.18. The summed E-state index contributed by atoms with van der Waals surface area (Å²) in [5.74, 6) is 0.378. The molecule has 1 rings (SSSR count). The minimum atomic E-state index is -0.508. The molecule has 1 unspecified atom stereocenters. The molecule has 0 spiro atoms. The van der Waals surface area contributed by atoms with E-state index in [0.717, 1.165) is 5.69 Å². The van der Waals surface area contributed by atoms with Gasteiger partial charge in [0.1, 0.15) is 6.54 Å². The first-order valence-electron chi connectivity index (χ1n) is 6.34. The third-order valence-electron chi connectivity index (χ3n) is 2.64. The summed E-state index contributed by atoms with van der Waals surface area (Å²) >= 11 is 0. The molecule has 1 N–H and O–H groups in total. The lowest BCUT2D eigenvalue weighted by Gasteiger charge is -2.26. The molecule has 1 amide bonds. The maximum Gasteiger partial charge on any atom is 0.244 e. The minimum Gasteiger partial charge on any atom is -0.392 e. The summed E-state index contributed by atoms with van der Waals surface area (Å²) in [4.78, 5) is 13.9. The van der Waals surface area contributed by atoms with Crippen molar-refractivity contribution in [3.8, 4) is 0 Å². The van der Waals surface area contributed by atoms with Crippen LogP contribution in [0.15, 0.2) is 12.3 Å². The predicted octanol–water partition coefficient (Wildman–Crippen LogP) is 1.06. The maximum atomic E-state index is 12.2. The second-order valence-corrected chi connectivity index (χ2v) is 5.17. The Labute approximate surface area is 108 Å². The summed E-state index contributed by atoms with van der Waals surface area (Å²) in [7, 11) is 0. The molecule has 1 atom stereocenters.